The van der Waals surface area contributed by atoms with Gasteiger partial charge in [-0.1, -0.05) is 0 Å². The lowest BCUT2D eigenvalue weighted by Crippen LogP contribution is -2.40. The van der Waals surface area contributed by atoms with E-state index in [1.54, 1.807) is 40.7 Å². The zero-order valence-electron chi connectivity index (χ0n) is 16.2. The van der Waals surface area contributed by atoms with Gasteiger partial charge in [0.2, 0.25) is 11.8 Å². The lowest BCUT2D eigenvalue weighted by molar-refractivity contribution is -0.129. The molecular weight excluding hydrogens is 346 g/mol. The van der Waals surface area contributed by atoms with Crippen molar-refractivity contribution in [2.45, 2.75) is 33.1 Å². The third kappa shape index (κ3) is 6.27. The second-order valence-electron chi connectivity index (χ2n) is 6.91. The van der Waals surface area contributed by atoms with E-state index in [1.807, 2.05) is 0 Å². The lowest BCUT2D eigenvalue weighted by Gasteiger charge is -2.29. The molecule has 0 saturated carbocycles. The highest BCUT2D eigenvalue weighted by Crippen LogP contribution is 2.13. The summed E-state index contributed by atoms with van der Waals surface area (Å²) in [6.07, 6.45) is 2.18. The SMILES string of the molecule is CC(=O)N1CCCN(C(C)=O)CCCN(C(=O)c2ccc(O)cc2)CCC1. The van der Waals surface area contributed by atoms with Crippen LogP contribution >= 0.6 is 0 Å². The second kappa shape index (κ2) is 9.94. The molecule has 0 atom stereocenters. The third-order valence-electron chi connectivity index (χ3n) is 4.86. The van der Waals surface area contributed by atoms with Crippen molar-refractivity contribution in [1.82, 2.24) is 14.7 Å². The fourth-order valence-electron chi connectivity index (χ4n) is 3.31. The Balaban J connectivity index is 2.11. The molecule has 148 valence electrons. The van der Waals surface area contributed by atoms with Gasteiger partial charge in [-0.05, 0) is 43.5 Å². The monoisotopic (exact) mass is 375 g/mol. The van der Waals surface area contributed by atoms with Crippen LogP contribution in [0.25, 0.3) is 0 Å². The summed E-state index contributed by atoms with van der Waals surface area (Å²) in [7, 11) is 0. The Morgan fingerprint density at radius 2 is 1.07 bits per heavy atom. The number of carbonyl (C=O) groups is 3. The highest BCUT2D eigenvalue weighted by atomic mass is 16.3. The molecule has 1 aliphatic rings. The normalized spacial score (nSPS) is 17.0. The van der Waals surface area contributed by atoms with E-state index in [-0.39, 0.29) is 23.5 Å². The van der Waals surface area contributed by atoms with Crippen molar-refractivity contribution in [3.8, 4) is 5.75 Å². The van der Waals surface area contributed by atoms with Crippen LogP contribution in [0.2, 0.25) is 0 Å². The maximum absolute atomic E-state index is 12.8. The lowest BCUT2D eigenvalue weighted by atomic mass is 10.1. The number of hydrogen-bond donors (Lipinski definition) is 1. The van der Waals surface area contributed by atoms with Crippen LogP contribution in [-0.4, -0.2) is 76.8 Å². The quantitative estimate of drug-likeness (QED) is 0.810. The Bertz CT molecular complexity index is 632. The average Bonchev–Trinajstić information content (AvgIpc) is 2.61. The van der Waals surface area contributed by atoms with Gasteiger partial charge in [0.1, 0.15) is 5.75 Å². The molecule has 7 nitrogen and oxygen atoms in total. The molecule has 0 bridgehead atoms. The maximum Gasteiger partial charge on any atom is 0.253 e. The van der Waals surface area contributed by atoms with Gasteiger partial charge in [0.05, 0.1) is 0 Å². The summed E-state index contributed by atoms with van der Waals surface area (Å²) in [6, 6.07) is 6.21. The third-order valence-corrected chi connectivity index (χ3v) is 4.86. The van der Waals surface area contributed by atoms with E-state index in [2.05, 4.69) is 0 Å². The van der Waals surface area contributed by atoms with E-state index in [0.29, 0.717) is 57.7 Å². The first kappa shape index (κ1) is 20.7. The van der Waals surface area contributed by atoms with Gasteiger partial charge < -0.3 is 19.8 Å². The molecule has 0 radical (unpaired) electrons. The molecule has 1 N–H and O–H groups in total. The van der Waals surface area contributed by atoms with Crippen molar-refractivity contribution in [2.24, 2.45) is 0 Å². The van der Waals surface area contributed by atoms with Gasteiger partial charge in [-0.15, -0.1) is 0 Å². The van der Waals surface area contributed by atoms with Crippen molar-refractivity contribution < 1.29 is 19.5 Å². The number of benzene rings is 1. The Morgan fingerprint density at radius 3 is 1.44 bits per heavy atom. The van der Waals surface area contributed by atoms with Crippen LogP contribution in [0.5, 0.6) is 5.75 Å². The number of phenols is 1. The number of hydrogen-bond acceptors (Lipinski definition) is 4. The number of carbonyl (C=O) groups excluding carboxylic acids is 3. The minimum absolute atomic E-state index is 0.0119. The van der Waals surface area contributed by atoms with Gasteiger partial charge in [0, 0.05) is 58.7 Å². The van der Waals surface area contributed by atoms with Crippen LogP contribution in [0.3, 0.4) is 0 Å². The van der Waals surface area contributed by atoms with E-state index in [1.165, 1.54) is 12.1 Å². The van der Waals surface area contributed by atoms with Crippen LogP contribution in [0.1, 0.15) is 43.5 Å². The molecule has 3 amide bonds. The summed E-state index contributed by atoms with van der Waals surface area (Å²) >= 11 is 0. The van der Waals surface area contributed by atoms with Gasteiger partial charge in [0.25, 0.3) is 5.91 Å². The molecular formula is C20H29N3O4. The maximum atomic E-state index is 12.8. The molecule has 1 fully saturated rings. The van der Waals surface area contributed by atoms with Crippen LogP contribution in [-0.2, 0) is 9.59 Å². The van der Waals surface area contributed by atoms with Gasteiger partial charge in [0.15, 0.2) is 0 Å². The highest BCUT2D eigenvalue weighted by molar-refractivity contribution is 5.94. The molecule has 1 aromatic carbocycles. The largest absolute Gasteiger partial charge is 0.508 e. The Hall–Kier alpha value is -2.57. The summed E-state index contributed by atoms with van der Waals surface area (Å²) in [5.41, 5.74) is 0.520. The molecule has 0 aromatic heterocycles. The van der Waals surface area contributed by atoms with Crippen LogP contribution < -0.4 is 0 Å². The zero-order valence-corrected chi connectivity index (χ0v) is 16.2. The first-order valence-corrected chi connectivity index (χ1v) is 9.48. The molecule has 1 saturated heterocycles. The van der Waals surface area contributed by atoms with Gasteiger partial charge in [-0.3, -0.25) is 14.4 Å². The predicted octanol–water partition coefficient (Wildman–Crippen LogP) is 1.72. The van der Waals surface area contributed by atoms with E-state index in [4.69, 9.17) is 0 Å². The average molecular weight is 375 g/mol. The molecule has 7 heteroatoms. The Morgan fingerprint density at radius 1 is 0.704 bits per heavy atom. The molecule has 1 heterocycles. The fraction of sp³-hybridized carbons (Fsp3) is 0.550. The smallest absolute Gasteiger partial charge is 0.253 e. The zero-order chi connectivity index (χ0) is 19.8. The fourth-order valence-corrected chi connectivity index (χ4v) is 3.31. The minimum atomic E-state index is -0.101. The molecule has 0 aliphatic carbocycles. The second-order valence-corrected chi connectivity index (χ2v) is 6.91. The number of phenolic OH excluding ortho intramolecular Hbond substituents is 1. The molecule has 0 unspecified atom stereocenters. The van der Waals surface area contributed by atoms with Crippen LogP contribution in [0.4, 0.5) is 0 Å². The van der Waals surface area contributed by atoms with Crippen molar-refractivity contribution >= 4 is 17.7 Å². The Labute approximate surface area is 160 Å². The number of aromatic hydroxyl groups is 1. The number of rotatable bonds is 1. The molecule has 1 aliphatic heterocycles. The van der Waals surface area contributed by atoms with E-state index in [9.17, 15) is 19.5 Å². The first-order valence-electron chi connectivity index (χ1n) is 9.48. The molecule has 0 spiro atoms. The van der Waals surface area contributed by atoms with Crippen LogP contribution in [0, 0.1) is 0 Å². The molecule has 2 rings (SSSR count). The standard InChI is InChI=1S/C20H29N3O4/c1-16(24)21-10-3-11-22(17(2)25)13-5-15-23(14-4-12-21)20(27)18-6-8-19(26)9-7-18/h6-9,26H,3-5,10-15H2,1-2H3. The van der Waals surface area contributed by atoms with E-state index < -0.39 is 0 Å². The van der Waals surface area contributed by atoms with E-state index in [0.717, 1.165) is 6.42 Å². The number of amides is 3. The van der Waals surface area contributed by atoms with Gasteiger partial charge in [-0.2, -0.15) is 0 Å². The predicted molar refractivity (Wildman–Crippen MR) is 102 cm³/mol. The summed E-state index contributed by atoms with van der Waals surface area (Å²) in [5.74, 6) is 0.0425. The molecule has 1 aromatic rings. The molecule has 27 heavy (non-hydrogen) atoms. The summed E-state index contributed by atoms with van der Waals surface area (Å²) in [4.78, 5) is 41.9. The van der Waals surface area contributed by atoms with Crippen molar-refractivity contribution in [3.05, 3.63) is 29.8 Å². The van der Waals surface area contributed by atoms with Crippen LogP contribution in [0.15, 0.2) is 24.3 Å². The Kier molecular flexibility index (Phi) is 7.64. The van der Waals surface area contributed by atoms with Gasteiger partial charge >= 0.3 is 0 Å². The minimum Gasteiger partial charge on any atom is -0.508 e. The summed E-state index contributed by atoms with van der Waals surface area (Å²) in [5, 5.41) is 9.42. The van der Waals surface area contributed by atoms with Crippen molar-refractivity contribution in [3.63, 3.8) is 0 Å². The van der Waals surface area contributed by atoms with Gasteiger partial charge in [-0.25, -0.2) is 0 Å². The van der Waals surface area contributed by atoms with Crippen molar-refractivity contribution in [2.75, 3.05) is 39.3 Å². The summed E-state index contributed by atoms with van der Waals surface area (Å²) in [6.45, 7) is 6.61. The summed E-state index contributed by atoms with van der Waals surface area (Å²) < 4.78 is 0. The highest BCUT2D eigenvalue weighted by Gasteiger charge is 2.19. The topological polar surface area (TPSA) is 81.2 Å². The first-order chi connectivity index (χ1) is 12.9. The van der Waals surface area contributed by atoms with E-state index >= 15 is 0 Å². The number of nitrogens with zero attached hydrogens (tertiary/aromatic N) is 3. The van der Waals surface area contributed by atoms with Crippen molar-refractivity contribution in [1.29, 1.82) is 0 Å².